The molecule has 144 valence electrons. The van der Waals surface area contributed by atoms with Crippen molar-refractivity contribution in [1.29, 1.82) is 0 Å². The molecule has 0 radical (unpaired) electrons. The first kappa shape index (κ1) is 18.4. The van der Waals surface area contributed by atoms with Crippen LogP contribution in [-0.2, 0) is 4.79 Å². The fraction of sp³-hybridized carbons (Fsp3) is 0.280. The van der Waals surface area contributed by atoms with Crippen LogP contribution in [0.1, 0.15) is 48.3 Å². The molecule has 5 rings (SSSR count). The van der Waals surface area contributed by atoms with Gasteiger partial charge < -0.3 is 0 Å². The van der Waals surface area contributed by atoms with Crippen molar-refractivity contribution in [3.63, 3.8) is 0 Å². The van der Waals surface area contributed by atoms with Crippen molar-refractivity contribution in [2.75, 3.05) is 5.75 Å². The van der Waals surface area contributed by atoms with Gasteiger partial charge in [0.25, 0.3) is 0 Å². The molecule has 2 aromatic rings. The predicted octanol–water partition coefficient (Wildman–Crippen LogP) is 5.28. The number of fused-ring (bicyclic) bond motifs is 1. The molecule has 2 atom stereocenters. The lowest BCUT2D eigenvalue weighted by Crippen LogP contribution is -2.32. The SMILES string of the molecule is O=C1CCCC2=C1C(c1ccc(F)c(C#Cc3ccccc3)c1)C1SCCC1=N2. The van der Waals surface area contributed by atoms with Gasteiger partial charge in [-0.2, -0.15) is 11.8 Å². The predicted molar refractivity (Wildman–Crippen MR) is 116 cm³/mol. The molecular formula is C25H20FNOS. The van der Waals surface area contributed by atoms with E-state index >= 15 is 0 Å². The van der Waals surface area contributed by atoms with Gasteiger partial charge in [0.05, 0.1) is 10.8 Å². The Bertz CT molecular complexity index is 1110. The van der Waals surface area contributed by atoms with Crippen LogP contribution in [0.3, 0.4) is 0 Å². The van der Waals surface area contributed by atoms with Gasteiger partial charge in [-0.1, -0.05) is 36.1 Å². The van der Waals surface area contributed by atoms with E-state index in [1.54, 1.807) is 0 Å². The van der Waals surface area contributed by atoms with Crippen molar-refractivity contribution < 1.29 is 9.18 Å². The third kappa shape index (κ3) is 3.45. The van der Waals surface area contributed by atoms with Crippen LogP contribution in [0.4, 0.5) is 4.39 Å². The second-order valence-corrected chi connectivity index (χ2v) is 8.86. The topological polar surface area (TPSA) is 29.4 Å². The lowest BCUT2D eigenvalue weighted by molar-refractivity contribution is -0.116. The molecule has 2 unspecified atom stereocenters. The number of Topliss-reactive ketones (excluding diaryl/α,β-unsaturated/α-hetero) is 1. The average Bonchev–Trinajstić information content (AvgIpc) is 3.21. The van der Waals surface area contributed by atoms with Crippen LogP contribution in [0.2, 0.25) is 0 Å². The van der Waals surface area contributed by atoms with Gasteiger partial charge in [0.1, 0.15) is 5.82 Å². The van der Waals surface area contributed by atoms with Crippen LogP contribution in [0.15, 0.2) is 64.8 Å². The molecule has 0 N–H and O–H groups in total. The highest BCUT2D eigenvalue weighted by molar-refractivity contribution is 8.01. The number of rotatable bonds is 1. The van der Waals surface area contributed by atoms with E-state index in [0.717, 1.165) is 47.4 Å². The Labute approximate surface area is 174 Å². The number of halogens is 1. The first-order valence-corrected chi connectivity index (χ1v) is 11.1. The zero-order valence-electron chi connectivity index (χ0n) is 16.0. The van der Waals surface area contributed by atoms with Gasteiger partial charge in [0.2, 0.25) is 0 Å². The molecule has 1 saturated heterocycles. The van der Waals surface area contributed by atoms with E-state index in [9.17, 15) is 9.18 Å². The van der Waals surface area contributed by atoms with Gasteiger partial charge in [0, 0.05) is 34.9 Å². The normalized spacial score (nSPS) is 23.1. The van der Waals surface area contributed by atoms with E-state index in [4.69, 9.17) is 4.99 Å². The summed E-state index contributed by atoms with van der Waals surface area (Å²) in [6, 6.07) is 14.7. The van der Waals surface area contributed by atoms with Gasteiger partial charge in [-0.05, 0) is 54.8 Å². The number of thioether (sulfide) groups is 1. The number of hydrogen-bond acceptors (Lipinski definition) is 3. The third-order valence-corrected chi connectivity index (χ3v) is 7.11. The number of hydrogen-bond donors (Lipinski definition) is 0. The monoisotopic (exact) mass is 401 g/mol. The Balaban J connectivity index is 1.58. The average molecular weight is 402 g/mol. The van der Waals surface area contributed by atoms with Gasteiger partial charge in [0.15, 0.2) is 5.78 Å². The highest BCUT2D eigenvalue weighted by atomic mass is 32.2. The molecule has 0 aromatic heterocycles. The van der Waals surface area contributed by atoms with Crippen molar-refractivity contribution >= 4 is 23.3 Å². The smallest absolute Gasteiger partial charge is 0.161 e. The van der Waals surface area contributed by atoms with Crippen molar-refractivity contribution in [2.45, 2.75) is 36.9 Å². The minimum Gasteiger partial charge on any atom is -0.294 e. The number of aliphatic imine (C=N–C) groups is 1. The Morgan fingerprint density at radius 2 is 1.90 bits per heavy atom. The summed E-state index contributed by atoms with van der Waals surface area (Å²) in [5.41, 5.74) is 5.20. The number of nitrogens with zero attached hydrogens (tertiary/aromatic N) is 1. The Kier molecular flexibility index (Phi) is 4.85. The minimum atomic E-state index is -0.329. The second kappa shape index (κ2) is 7.65. The third-order valence-electron chi connectivity index (χ3n) is 5.77. The quantitative estimate of drug-likeness (QED) is 0.609. The Hall–Kier alpha value is -2.64. The van der Waals surface area contributed by atoms with E-state index in [2.05, 4.69) is 11.8 Å². The van der Waals surface area contributed by atoms with Gasteiger partial charge in [-0.15, -0.1) is 0 Å². The van der Waals surface area contributed by atoms with E-state index in [1.807, 2.05) is 54.2 Å². The maximum atomic E-state index is 14.5. The van der Waals surface area contributed by atoms with E-state index in [-0.39, 0.29) is 22.8 Å². The number of allylic oxidation sites excluding steroid dienone is 2. The molecule has 2 nitrogen and oxygen atoms in total. The molecule has 4 heteroatoms. The number of carbonyl (C=O) groups excluding carboxylic acids is 1. The fourth-order valence-corrected chi connectivity index (χ4v) is 5.84. The van der Waals surface area contributed by atoms with Crippen LogP contribution < -0.4 is 0 Å². The number of carbonyl (C=O) groups is 1. The van der Waals surface area contributed by atoms with E-state index in [1.165, 1.54) is 11.8 Å². The molecule has 2 aliphatic heterocycles. The van der Waals surface area contributed by atoms with Crippen molar-refractivity contribution in [2.24, 2.45) is 4.99 Å². The van der Waals surface area contributed by atoms with Crippen LogP contribution in [-0.4, -0.2) is 22.5 Å². The summed E-state index contributed by atoms with van der Waals surface area (Å²) >= 11 is 1.86. The summed E-state index contributed by atoms with van der Waals surface area (Å²) in [5.74, 6) is 6.89. The number of benzene rings is 2. The standard InChI is InChI=1S/C25H20FNOS/c26-19-12-11-18(15-17(19)10-9-16-5-2-1-3-6-16)23-24-20(7-4-8-22(24)28)27-21-13-14-29-25(21)23/h1-3,5-6,11-12,15,23,25H,4,7-8,13-14H2. The van der Waals surface area contributed by atoms with Crippen LogP contribution in [0, 0.1) is 17.7 Å². The van der Waals surface area contributed by atoms with Crippen molar-refractivity contribution in [3.8, 4) is 11.8 Å². The fourth-order valence-electron chi connectivity index (χ4n) is 4.41. The van der Waals surface area contributed by atoms with Crippen molar-refractivity contribution in [3.05, 3.63) is 82.3 Å². The van der Waals surface area contributed by atoms with Gasteiger partial charge >= 0.3 is 0 Å². The van der Waals surface area contributed by atoms with Crippen molar-refractivity contribution in [1.82, 2.24) is 0 Å². The second-order valence-electron chi connectivity index (χ2n) is 7.61. The largest absolute Gasteiger partial charge is 0.294 e. The van der Waals surface area contributed by atoms with Crippen LogP contribution >= 0.6 is 11.8 Å². The van der Waals surface area contributed by atoms with Crippen LogP contribution in [0.25, 0.3) is 0 Å². The highest BCUT2D eigenvalue weighted by Crippen LogP contribution is 2.47. The summed E-state index contributed by atoms with van der Waals surface area (Å²) in [4.78, 5) is 17.7. The molecule has 1 aliphatic carbocycles. The van der Waals surface area contributed by atoms with Gasteiger partial charge in [-0.3, -0.25) is 9.79 Å². The molecule has 0 bridgehead atoms. The molecule has 2 heterocycles. The first-order chi connectivity index (χ1) is 14.2. The zero-order chi connectivity index (χ0) is 19.8. The molecule has 0 saturated carbocycles. The van der Waals surface area contributed by atoms with Crippen LogP contribution in [0.5, 0.6) is 0 Å². The Morgan fingerprint density at radius 1 is 1.03 bits per heavy atom. The molecule has 3 aliphatic rings. The first-order valence-electron chi connectivity index (χ1n) is 10.0. The lowest BCUT2D eigenvalue weighted by atomic mass is 9.77. The molecule has 0 spiro atoms. The maximum Gasteiger partial charge on any atom is 0.161 e. The summed E-state index contributed by atoms with van der Waals surface area (Å²) in [5, 5.41) is 0.177. The summed E-state index contributed by atoms with van der Waals surface area (Å²) in [6.07, 6.45) is 3.29. The molecule has 29 heavy (non-hydrogen) atoms. The molecule has 2 aromatic carbocycles. The molecule has 1 fully saturated rings. The highest BCUT2D eigenvalue weighted by Gasteiger charge is 2.42. The summed E-state index contributed by atoms with van der Waals surface area (Å²) in [6.45, 7) is 0. The lowest BCUT2D eigenvalue weighted by Gasteiger charge is -2.33. The van der Waals surface area contributed by atoms with E-state index < -0.39 is 0 Å². The number of ketones is 1. The minimum absolute atomic E-state index is 0.0457. The summed E-state index contributed by atoms with van der Waals surface area (Å²) < 4.78 is 14.5. The molecular weight excluding hydrogens is 381 g/mol. The zero-order valence-corrected chi connectivity index (χ0v) is 16.8. The van der Waals surface area contributed by atoms with E-state index in [0.29, 0.717) is 12.0 Å². The maximum absolute atomic E-state index is 14.5. The molecule has 0 amide bonds. The van der Waals surface area contributed by atoms with Gasteiger partial charge in [-0.25, -0.2) is 4.39 Å². The Morgan fingerprint density at radius 3 is 2.76 bits per heavy atom. The summed E-state index contributed by atoms with van der Waals surface area (Å²) in [7, 11) is 0.